The van der Waals surface area contributed by atoms with Crippen molar-refractivity contribution < 1.29 is 4.79 Å². The lowest BCUT2D eigenvalue weighted by Crippen LogP contribution is -2.37. The second kappa shape index (κ2) is 5.67. The molecule has 0 unspecified atom stereocenters. The summed E-state index contributed by atoms with van der Waals surface area (Å²) in [6.45, 7) is 3.83. The van der Waals surface area contributed by atoms with Crippen LogP contribution in [-0.2, 0) is 0 Å². The standard InChI is InChI=1S/C11H19N5O/c12-9-8-14-15-10(9)11(17)13-4-7-16-5-2-1-3-6-16/h8H,1-7,12H2,(H,13,17)(H,14,15). The number of H-pyrrole nitrogens is 1. The maximum atomic E-state index is 11.7. The normalized spacial score (nSPS) is 16.9. The van der Waals surface area contributed by atoms with Gasteiger partial charge in [-0.3, -0.25) is 9.89 Å². The molecule has 17 heavy (non-hydrogen) atoms. The first-order chi connectivity index (χ1) is 8.27. The van der Waals surface area contributed by atoms with Crippen molar-refractivity contribution in [3.8, 4) is 0 Å². The Kier molecular flexibility index (Phi) is 3.98. The number of carbonyl (C=O) groups is 1. The molecule has 6 heteroatoms. The smallest absolute Gasteiger partial charge is 0.271 e. The van der Waals surface area contributed by atoms with Gasteiger partial charge in [0.1, 0.15) is 5.69 Å². The fraction of sp³-hybridized carbons (Fsp3) is 0.636. The number of rotatable bonds is 4. The zero-order valence-corrected chi connectivity index (χ0v) is 9.91. The van der Waals surface area contributed by atoms with Gasteiger partial charge in [0.15, 0.2) is 0 Å². The molecule has 0 bridgehead atoms. The summed E-state index contributed by atoms with van der Waals surface area (Å²) < 4.78 is 0. The molecule has 2 rings (SSSR count). The fourth-order valence-corrected chi connectivity index (χ4v) is 2.08. The number of aromatic amines is 1. The molecule has 1 aliphatic rings. The molecule has 0 atom stereocenters. The van der Waals surface area contributed by atoms with Crippen molar-refractivity contribution in [2.24, 2.45) is 0 Å². The van der Waals surface area contributed by atoms with E-state index >= 15 is 0 Å². The number of hydrogen-bond donors (Lipinski definition) is 3. The number of likely N-dealkylation sites (tertiary alicyclic amines) is 1. The summed E-state index contributed by atoms with van der Waals surface area (Å²) in [5.41, 5.74) is 6.33. The first-order valence-electron chi connectivity index (χ1n) is 6.07. The Morgan fingerprint density at radius 2 is 2.24 bits per heavy atom. The van der Waals surface area contributed by atoms with Crippen molar-refractivity contribution in [2.75, 3.05) is 31.9 Å². The van der Waals surface area contributed by atoms with E-state index in [0.717, 1.165) is 19.6 Å². The Labute approximate surface area is 101 Å². The SMILES string of the molecule is Nc1cn[nH]c1C(=O)NCCN1CCCCC1. The van der Waals surface area contributed by atoms with Crippen LogP contribution in [0.2, 0.25) is 0 Å². The third-order valence-electron chi connectivity index (χ3n) is 3.06. The van der Waals surface area contributed by atoms with Crippen LogP contribution in [0.1, 0.15) is 29.8 Å². The van der Waals surface area contributed by atoms with Crippen LogP contribution in [0.5, 0.6) is 0 Å². The third kappa shape index (κ3) is 3.20. The molecule has 1 aromatic rings. The highest BCUT2D eigenvalue weighted by Gasteiger charge is 2.13. The minimum Gasteiger partial charge on any atom is -0.396 e. The molecule has 1 saturated heterocycles. The number of carbonyl (C=O) groups excluding carboxylic acids is 1. The quantitative estimate of drug-likeness (QED) is 0.698. The molecule has 2 heterocycles. The van der Waals surface area contributed by atoms with Gasteiger partial charge in [-0.05, 0) is 25.9 Å². The van der Waals surface area contributed by atoms with Crippen LogP contribution in [0.4, 0.5) is 5.69 Å². The molecule has 1 amide bonds. The largest absolute Gasteiger partial charge is 0.396 e. The molecule has 0 radical (unpaired) electrons. The summed E-state index contributed by atoms with van der Waals surface area (Å²) in [6.07, 6.45) is 5.30. The van der Waals surface area contributed by atoms with Gasteiger partial charge < -0.3 is 16.0 Å². The van der Waals surface area contributed by atoms with E-state index in [0.29, 0.717) is 17.9 Å². The summed E-state index contributed by atoms with van der Waals surface area (Å²) in [5, 5.41) is 9.15. The minimum absolute atomic E-state index is 0.183. The Bertz CT molecular complexity index is 370. The monoisotopic (exact) mass is 237 g/mol. The predicted octanol–water partition coefficient (Wildman–Crippen LogP) is 0.208. The van der Waals surface area contributed by atoms with Crippen molar-refractivity contribution in [3.05, 3.63) is 11.9 Å². The number of nitrogens with one attached hydrogen (secondary N) is 2. The molecule has 0 aliphatic carbocycles. The average Bonchev–Trinajstić information content (AvgIpc) is 2.77. The highest BCUT2D eigenvalue weighted by Crippen LogP contribution is 2.08. The summed E-state index contributed by atoms with van der Waals surface area (Å²) in [5.74, 6) is -0.183. The molecule has 4 N–H and O–H groups in total. The van der Waals surface area contributed by atoms with Gasteiger partial charge in [0.2, 0.25) is 0 Å². The Morgan fingerprint density at radius 3 is 2.88 bits per heavy atom. The first-order valence-corrected chi connectivity index (χ1v) is 6.07. The van der Waals surface area contributed by atoms with E-state index < -0.39 is 0 Å². The fourth-order valence-electron chi connectivity index (χ4n) is 2.08. The molecule has 0 saturated carbocycles. The first kappa shape index (κ1) is 11.9. The second-order valence-electron chi connectivity index (χ2n) is 4.36. The number of nitrogen functional groups attached to an aromatic ring is 1. The van der Waals surface area contributed by atoms with Crippen LogP contribution in [0.3, 0.4) is 0 Å². The van der Waals surface area contributed by atoms with Crippen LogP contribution in [-0.4, -0.2) is 47.2 Å². The predicted molar refractivity (Wildman–Crippen MR) is 65.6 cm³/mol. The Morgan fingerprint density at radius 1 is 1.47 bits per heavy atom. The number of amides is 1. The molecule has 1 aromatic heterocycles. The third-order valence-corrected chi connectivity index (χ3v) is 3.06. The van der Waals surface area contributed by atoms with E-state index in [-0.39, 0.29) is 5.91 Å². The van der Waals surface area contributed by atoms with Gasteiger partial charge in [-0.2, -0.15) is 5.10 Å². The number of piperidine rings is 1. The number of aromatic nitrogens is 2. The van der Waals surface area contributed by atoms with Gasteiger partial charge in [-0.15, -0.1) is 0 Å². The van der Waals surface area contributed by atoms with E-state index in [1.807, 2.05) is 0 Å². The van der Waals surface area contributed by atoms with E-state index in [1.54, 1.807) is 0 Å². The van der Waals surface area contributed by atoms with Crippen LogP contribution in [0.15, 0.2) is 6.20 Å². The number of nitrogens with two attached hydrogens (primary N) is 1. The number of hydrogen-bond acceptors (Lipinski definition) is 4. The van der Waals surface area contributed by atoms with Crippen molar-refractivity contribution in [2.45, 2.75) is 19.3 Å². The summed E-state index contributed by atoms with van der Waals surface area (Å²) >= 11 is 0. The average molecular weight is 237 g/mol. The van der Waals surface area contributed by atoms with E-state index in [1.165, 1.54) is 25.5 Å². The molecule has 1 fully saturated rings. The highest BCUT2D eigenvalue weighted by atomic mass is 16.1. The van der Waals surface area contributed by atoms with Crippen LogP contribution >= 0.6 is 0 Å². The van der Waals surface area contributed by atoms with Gasteiger partial charge in [-0.1, -0.05) is 6.42 Å². The molecule has 1 aliphatic heterocycles. The van der Waals surface area contributed by atoms with Gasteiger partial charge in [0, 0.05) is 13.1 Å². The molecular weight excluding hydrogens is 218 g/mol. The van der Waals surface area contributed by atoms with E-state index in [9.17, 15) is 4.79 Å². The van der Waals surface area contributed by atoms with Crippen molar-refractivity contribution in [1.29, 1.82) is 0 Å². The minimum atomic E-state index is -0.183. The molecule has 0 spiro atoms. The van der Waals surface area contributed by atoms with Crippen molar-refractivity contribution in [3.63, 3.8) is 0 Å². The van der Waals surface area contributed by atoms with E-state index in [4.69, 9.17) is 5.73 Å². The van der Waals surface area contributed by atoms with Gasteiger partial charge in [0.25, 0.3) is 5.91 Å². The summed E-state index contributed by atoms with van der Waals surface area (Å²) in [7, 11) is 0. The van der Waals surface area contributed by atoms with E-state index in [2.05, 4.69) is 20.4 Å². The maximum absolute atomic E-state index is 11.7. The topological polar surface area (TPSA) is 87.0 Å². The summed E-state index contributed by atoms with van der Waals surface area (Å²) in [4.78, 5) is 14.1. The zero-order valence-electron chi connectivity index (χ0n) is 9.91. The van der Waals surface area contributed by atoms with Gasteiger partial charge >= 0.3 is 0 Å². The lowest BCUT2D eigenvalue weighted by Gasteiger charge is -2.26. The number of nitrogens with zero attached hydrogens (tertiary/aromatic N) is 2. The van der Waals surface area contributed by atoms with Crippen molar-refractivity contribution in [1.82, 2.24) is 20.4 Å². The lowest BCUT2D eigenvalue weighted by molar-refractivity contribution is 0.0942. The summed E-state index contributed by atoms with van der Waals surface area (Å²) in [6, 6.07) is 0. The van der Waals surface area contributed by atoms with Crippen LogP contribution < -0.4 is 11.1 Å². The molecule has 6 nitrogen and oxygen atoms in total. The van der Waals surface area contributed by atoms with Gasteiger partial charge in [0.05, 0.1) is 11.9 Å². The van der Waals surface area contributed by atoms with Crippen LogP contribution in [0.25, 0.3) is 0 Å². The van der Waals surface area contributed by atoms with Gasteiger partial charge in [-0.25, -0.2) is 0 Å². The highest BCUT2D eigenvalue weighted by molar-refractivity contribution is 5.96. The molecule has 94 valence electrons. The lowest BCUT2D eigenvalue weighted by atomic mass is 10.1. The Balaban J connectivity index is 1.71. The van der Waals surface area contributed by atoms with Crippen molar-refractivity contribution >= 4 is 11.6 Å². The van der Waals surface area contributed by atoms with Crippen LogP contribution in [0, 0.1) is 0 Å². The molecular formula is C11H19N5O. The number of anilines is 1. The second-order valence-corrected chi connectivity index (χ2v) is 4.36. The Hall–Kier alpha value is -1.56. The zero-order chi connectivity index (χ0) is 12.1. The maximum Gasteiger partial charge on any atom is 0.271 e. The molecule has 0 aromatic carbocycles.